The fourth-order valence-electron chi connectivity index (χ4n) is 2.00. The summed E-state index contributed by atoms with van der Waals surface area (Å²) >= 11 is 0. The van der Waals surface area contributed by atoms with Crippen molar-refractivity contribution in [3.63, 3.8) is 0 Å². The highest BCUT2D eigenvalue weighted by Gasteiger charge is 2.07. The summed E-state index contributed by atoms with van der Waals surface area (Å²) in [6, 6.07) is 9.15. The lowest BCUT2D eigenvalue weighted by atomic mass is 10.2. The molecule has 0 fully saturated rings. The fraction of sp³-hybridized carbons (Fsp3) is 0.0714. The second-order valence-electron chi connectivity index (χ2n) is 4.10. The van der Waals surface area contributed by atoms with Crippen LogP contribution in [0.15, 0.2) is 48.8 Å². The van der Waals surface area contributed by atoms with E-state index in [1.165, 1.54) is 6.07 Å². The van der Waals surface area contributed by atoms with E-state index in [2.05, 4.69) is 4.98 Å². The monoisotopic (exact) mass is 244 g/mol. The van der Waals surface area contributed by atoms with E-state index in [0.29, 0.717) is 5.56 Å². The number of pyridine rings is 1. The number of hydrogen-bond acceptors (Lipinski definition) is 1. The smallest absolute Gasteiger partial charge is 0.140 e. The van der Waals surface area contributed by atoms with Crippen molar-refractivity contribution in [3.8, 4) is 0 Å². The van der Waals surface area contributed by atoms with Crippen LogP contribution in [-0.4, -0.2) is 9.55 Å². The van der Waals surface area contributed by atoms with E-state index in [1.807, 2.05) is 24.4 Å². The second kappa shape index (κ2) is 4.22. The first kappa shape index (κ1) is 10.9. The molecule has 0 saturated carbocycles. The molecule has 0 radical (unpaired) electrons. The van der Waals surface area contributed by atoms with Crippen LogP contribution in [0.2, 0.25) is 0 Å². The largest absolute Gasteiger partial charge is 0.328 e. The van der Waals surface area contributed by atoms with Crippen LogP contribution in [0.3, 0.4) is 0 Å². The van der Waals surface area contributed by atoms with Crippen LogP contribution in [0.25, 0.3) is 11.0 Å². The third kappa shape index (κ3) is 1.86. The number of hydrogen-bond donors (Lipinski definition) is 0. The maximum Gasteiger partial charge on any atom is 0.140 e. The number of halogens is 2. The molecule has 2 nitrogen and oxygen atoms in total. The van der Waals surface area contributed by atoms with Gasteiger partial charge < -0.3 is 4.57 Å². The second-order valence-corrected chi connectivity index (χ2v) is 4.10. The Bertz CT molecular complexity index is 704. The van der Waals surface area contributed by atoms with E-state index < -0.39 is 11.6 Å². The van der Waals surface area contributed by atoms with Crippen LogP contribution >= 0.6 is 0 Å². The first-order valence-electron chi connectivity index (χ1n) is 5.58. The topological polar surface area (TPSA) is 17.8 Å². The Morgan fingerprint density at radius 1 is 1.11 bits per heavy atom. The zero-order valence-corrected chi connectivity index (χ0v) is 9.48. The molecule has 0 spiro atoms. The minimum absolute atomic E-state index is 0.268. The molecule has 0 bridgehead atoms. The van der Waals surface area contributed by atoms with Gasteiger partial charge >= 0.3 is 0 Å². The van der Waals surface area contributed by atoms with Crippen LogP contribution in [0.4, 0.5) is 8.78 Å². The fourth-order valence-corrected chi connectivity index (χ4v) is 2.00. The van der Waals surface area contributed by atoms with Crippen molar-refractivity contribution >= 4 is 11.0 Å². The zero-order valence-electron chi connectivity index (χ0n) is 9.48. The van der Waals surface area contributed by atoms with E-state index in [-0.39, 0.29) is 6.54 Å². The molecule has 3 rings (SSSR count). The number of fused-ring (bicyclic) bond motifs is 1. The molecular weight excluding hydrogens is 234 g/mol. The quantitative estimate of drug-likeness (QED) is 0.675. The molecule has 1 aromatic carbocycles. The third-order valence-corrected chi connectivity index (χ3v) is 2.87. The van der Waals surface area contributed by atoms with Crippen LogP contribution in [0.5, 0.6) is 0 Å². The van der Waals surface area contributed by atoms with Crippen molar-refractivity contribution in [2.75, 3.05) is 0 Å². The summed E-state index contributed by atoms with van der Waals surface area (Å²) < 4.78 is 28.5. The van der Waals surface area contributed by atoms with Crippen LogP contribution in [0.1, 0.15) is 5.56 Å². The van der Waals surface area contributed by atoms with E-state index in [0.717, 1.165) is 23.2 Å². The van der Waals surface area contributed by atoms with Gasteiger partial charge in [0.25, 0.3) is 0 Å². The van der Waals surface area contributed by atoms with Gasteiger partial charge in [0.15, 0.2) is 0 Å². The summed E-state index contributed by atoms with van der Waals surface area (Å²) in [5, 5.41) is 0.981. The lowest BCUT2D eigenvalue weighted by molar-refractivity contribution is 0.578. The predicted molar refractivity (Wildman–Crippen MR) is 65.2 cm³/mol. The van der Waals surface area contributed by atoms with E-state index in [9.17, 15) is 8.78 Å². The molecule has 0 aliphatic rings. The highest BCUT2D eigenvalue weighted by atomic mass is 19.1. The van der Waals surface area contributed by atoms with Crippen LogP contribution < -0.4 is 0 Å². The van der Waals surface area contributed by atoms with E-state index in [1.54, 1.807) is 10.8 Å². The van der Waals surface area contributed by atoms with Gasteiger partial charge in [0.05, 0.1) is 6.54 Å². The minimum atomic E-state index is -0.434. The molecule has 18 heavy (non-hydrogen) atoms. The molecule has 2 heterocycles. The molecule has 0 atom stereocenters. The van der Waals surface area contributed by atoms with Gasteiger partial charge in [-0.05, 0) is 36.4 Å². The lowest BCUT2D eigenvalue weighted by Gasteiger charge is -2.06. The first-order valence-corrected chi connectivity index (χ1v) is 5.58. The van der Waals surface area contributed by atoms with Crippen molar-refractivity contribution in [2.24, 2.45) is 0 Å². The Balaban J connectivity index is 2.04. The van der Waals surface area contributed by atoms with Gasteiger partial charge in [-0.2, -0.15) is 0 Å². The summed E-state index contributed by atoms with van der Waals surface area (Å²) in [7, 11) is 0. The first-order chi connectivity index (χ1) is 8.74. The molecule has 0 saturated heterocycles. The average Bonchev–Trinajstić information content (AvgIpc) is 2.78. The Kier molecular flexibility index (Phi) is 2.55. The average molecular weight is 244 g/mol. The van der Waals surface area contributed by atoms with E-state index in [4.69, 9.17) is 0 Å². The molecule has 4 heteroatoms. The zero-order chi connectivity index (χ0) is 12.5. The molecule has 0 unspecified atom stereocenters. The molecule has 0 N–H and O–H groups in total. The Labute approximate surface area is 103 Å². The van der Waals surface area contributed by atoms with Gasteiger partial charge in [-0.1, -0.05) is 0 Å². The SMILES string of the molecule is Fc1ccc(F)c(Cn2ccc3cccnc32)c1. The normalized spacial score (nSPS) is 11.0. The van der Waals surface area contributed by atoms with Gasteiger partial charge in [0.1, 0.15) is 17.3 Å². The molecule has 0 aliphatic carbocycles. The van der Waals surface area contributed by atoms with Crippen LogP contribution in [-0.2, 0) is 6.54 Å². The summed E-state index contributed by atoms with van der Waals surface area (Å²) in [6.07, 6.45) is 3.50. The Morgan fingerprint density at radius 3 is 2.89 bits per heavy atom. The molecule has 0 amide bonds. The highest BCUT2D eigenvalue weighted by Crippen LogP contribution is 2.16. The Morgan fingerprint density at radius 2 is 2.00 bits per heavy atom. The van der Waals surface area contributed by atoms with Crippen molar-refractivity contribution in [1.82, 2.24) is 9.55 Å². The summed E-state index contributed by atoms with van der Waals surface area (Å²) in [5.74, 6) is -0.843. The molecule has 3 aromatic rings. The van der Waals surface area contributed by atoms with Gasteiger partial charge in [-0.15, -0.1) is 0 Å². The predicted octanol–water partition coefficient (Wildman–Crippen LogP) is 3.36. The third-order valence-electron chi connectivity index (χ3n) is 2.87. The summed E-state index contributed by atoms with van der Waals surface area (Å²) in [6.45, 7) is 0.268. The standard InChI is InChI=1S/C14H10F2N2/c15-12-3-4-13(16)11(8-12)9-18-7-5-10-2-1-6-17-14(10)18/h1-8H,9H2. The summed E-state index contributed by atoms with van der Waals surface area (Å²) in [5.41, 5.74) is 1.08. The van der Waals surface area contributed by atoms with Crippen molar-refractivity contribution in [2.45, 2.75) is 6.54 Å². The highest BCUT2D eigenvalue weighted by molar-refractivity contribution is 5.75. The summed E-state index contributed by atoms with van der Waals surface area (Å²) in [4.78, 5) is 4.24. The molecule has 90 valence electrons. The number of benzene rings is 1. The number of aromatic nitrogens is 2. The molecule has 0 aliphatic heterocycles. The molecular formula is C14H10F2N2. The van der Waals surface area contributed by atoms with Gasteiger partial charge in [-0.25, -0.2) is 13.8 Å². The van der Waals surface area contributed by atoms with E-state index >= 15 is 0 Å². The van der Waals surface area contributed by atoms with Gasteiger partial charge in [0, 0.05) is 23.3 Å². The van der Waals surface area contributed by atoms with Gasteiger partial charge in [-0.3, -0.25) is 0 Å². The maximum atomic E-state index is 13.6. The maximum absolute atomic E-state index is 13.6. The Hall–Kier alpha value is -2.23. The van der Waals surface area contributed by atoms with Crippen molar-refractivity contribution in [3.05, 3.63) is 66.0 Å². The van der Waals surface area contributed by atoms with Crippen molar-refractivity contribution < 1.29 is 8.78 Å². The number of nitrogens with zero attached hydrogens (tertiary/aromatic N) is 2. The minimum Gasteiger partial charge on any atom is -0.328 e. The van der Waals surface area contributed by atoms with Crippen molar-refractivity contribution in [1.29, 1.82) is 0 Å². The van der Waals surface area contributed by atoms with Crippen LogP contribution in [0, 0.1) is 11.6 Å². The number of rotatable bonds is 2. The van der Waals surface area contributed by atoms with Gasteiger partial charge in [0.2, 0.25) is 0 Å². The molecule has 2 aromatic heterocycles. The lowest BCUT2D eigenvalue weighted by Crippen LogP contribution is -2.02.